The number of nitrogens with two attached hydrogens (primary N) is 1. The van der Waals surface area contributed by atoms with E-state index in [1.54, 1.807) is 11.6 Å². The van der Waals surface area contributed by atoms with Gasteiger partial charge < -0.3 is 10.3 Å². The van der Waals surface area contributed by atoms with Crippen molar-refractivity contribution in [3.05, 3.63) is 34.6 Å². The molecule has 10 heteroatoms. The molecule has 0 fully saturated rings. The van der Waals surface area contributed by atoms with Gasteiger partial charge in [0.05, 0.1) is 6.54 Å². The minimum Gasteiger partial charge on any atom is -0.398 e. The van der Waals surface area contributed by atoms with Crippen LogP contribution in [0, 0.1) is 5.82 Å². The van der Waals surface area contributed by atoms with Crippen LogP contribution in [0.5, 0.6) is 0 Å². The maximum Gasteiger partial charge on any atom is 0.243 e. The minimum absolute atomic E-state index is 0.103. The van der Waals surface area contributed by atoms with Gasteiger partial charge in [-0.3, -0.25) is 0 Å². The molecule has 1 aromatic heterocycles. The van der Waals surface area contributed by atoms with Gasteiger partial charge in [0.25, 0.3) is 0 Å². The standard InChI is InChI=1S/C10H11BrFN5O2S/c1-17-5-14-16-10(17)4-15-20(18,19)9-3-8(13)6(11)2-7(9)12/h2-3,5,15H,4,13H2,1H3. The number of nitrogens with zero attached hydrogens (tertiary/aromatic N) is 3. The van der Waals surface area contributed by atoms with E-state index in [4.69, 9.17) is 5.73 Å². The first-order valence-corrected chi connectivity index (χ1v) is 7.66. The Hall–Kier alpha value is -1.52. The van der Waals surface area contributed by atoms with Gasteiger partial charge in [0.2, 0.25) is 10.0 Å². The fourth-order valence-electron chi connectivity index (χ4n) is 1.46. The number of aryl methyl sites for hydroxylation is 1. The van der Waals surface area contributed by atoms with Crippen LogP contribution in [-0.4, -0.2) is 23.2 Å². The lowest BCUT2D eigenvalue weighted by Gasteiger charge is -2.09. The molecular weight excluding hydrogens is 353 g/mol. The summed E-state index contributed by atoms with van der Waals surface area (Å²) in [4.78, 5) is -0.514. The van der Waals surface area contributed by atoms with Crippen molar-refractivity contribution in [2.45, 2.75) is 11.4 Å². The zero-order valence-corrected chi connectivity index (χ0v) is 12.7. The highest BCUT2D eigenvalue weighted by Gasteiger charge is 2.21. The van der Waals surface area contributed by atoms with E-state index in [0.717, 1.165) is 12.1 Å². The molecular formula is C10H11BrFN5O2S. The molecule has 2 aromatic rings. The lowest BCUT2D eigenvalue weighted by atomic mass is 10.3. The first-order valence-electron chi connectivity index (χ1n) is 5.38. The molecule has 0 saturated carbocycles. The Balaban J connectivity index is 2.27. The summed E-state index contributed by atoms with van der Waals surface area (Å²) in [6, 6.07) is 2.06. The summed E-state index contributed by atoms with van der Waals surface area (Å²) in [5, 5.41) is 7.34. The fraction of sp³-hybridized carbons (Fsp3) is 0.200. The molecule has 1 aromatic carbocycles. The Morgan fingerprint density at radius 2 is 2.20 bits per heavy atom. The van der Waals surface area contributed by atoms with Crippen molar-refractivity contribution in [2.75, 3.05) is 5.73 Å². The van der Waals surface area contributed by atoms with Crippen molar-refractivity contribution in [3.8, 4) is 0 Å². The molecule has 1 heterocycles. The van der Waals surface area contributed by atoms with Crippen LogP contribution >= 0.6 is 15.9 Å². The SMILES string of the molecule is Cn1cnnc1CNS(=O)(=O)c1cc(N)c(Br)cc1F. The highest BCUT2D eigenvalue weighted by molar-refractivity contribution is 9.10. The first kappa shape index (κ1) is 14.9. The highest BCUT2D eigenvalue weighted by Crippen LogP contribution is 2.25. The average molecular weight is 364 g/mol. The average Bonchev–Trinajstić information content (AvgIpc) is 2.77. The molecule has 0 aliphatic rings. The van der Waals surface area contributed by atoms with Gasteiger partial charge in [-0.25, -0.2) is 17.5 Å². The fourth-order valence-corrected chi connectivity index (χ4v) is 2.84. The second-order valence-corrected chi connectivity index (χ2v) is 6.58. The number of nitrogen functional groups attached to an aromatic ring is 1. The van der Waals surface area contributed by atoms with Crippen LogP contribution in [0.3, 0.4) is 0 Å². The number of nitrogens with one attached hydrogen (secondary N) is 1. The molecule has 20 heavy (non-hydrogen) atoms. The van der Waals surface area contributed by atoms with Crippen molar-refractivity contribution in [1.29, 1.82) is 0 Å². The molecule has 0 saturated heterocycles. The molecule has 0 spiro atoms. The lowest BCUT2D eigenvalue weighted by Crippen LogP contribution is -2.25. The summed E-state index contributed by atoms with van der Waals surface area (Å²) >= 11 is 3.03. The topological polar surface area (TPSA) is 103 Å². The van der Waals surface area contributed by atoms with Crippen LogP contribution in [-0.2, 0) is 23.6 Å². The summed E-state index contributed by atoms with van der Waals surface area (Å²) in [5.41, 5.74) is 5.70. The molecule has 0 bridgehead atoms. The Morgan fingerprint density at radius 3 is 2.80 bits per heavy atom. The van der Waals surface area contributed by atoms with E-state index in [1.807, 2.05) is 0 Å². The van der Waals surface area contributed by atoms with Crippen LogP contribution in [0.15, 0.2) is 27.8 Å². The van der Waals surface area contributed by atoms with Crippen LogP contribution in [0.25, 0.3) is 0 Å². The molecule has 0 radical (unpaired) electrons. The lowest BCUT2D eigenvalue weighted by molar-refractivity contribution is 0.554. The summed E-state index contributed by atoms with van der Waals surface area (Å²) < 4.78 is 41.9. The van der Waals surface area contributed by atoms with Gasteiger partial charge in [-0.1, -0.05) is 0 Å². The van der Waals surface area contributed by atoms with Gasteiger partial charge in [-0.2, -0.15) is 0 Å². The third-order valence-corrected chi connectivity index (χ3v) is 4.67. The van der Waals surface area contributed by atoms with Crippen LogP contribution < -0.4 is 10.5 Å². The molecule has 0 atom stereocenters. The third-order valence-electron chi connectivity index (χ3n) is 2.57. The Bertz CT molecular complexity index is 746. The van der Waals surface area contributed by atoms with E-state index in [0.29, 0.717) is 10.3 Å². The van der Waals surface area contributed by atoms with Crippen molar-refractivity contribution in [2.24, 2.45) is 7.05 Å². The number of anilines is 1. The number of sulfonamides is 1. The predicted molar refractivity (Wildman–Crippen MR) is 73.5 cm³/mol. The Morgan fingerprint density at radius 1 is 1.50 bits per heavy atom. The summed E-state index contributed by atoms with van der Waals surface area (Å²) in [6.07, 6.45) is 1.43. The smallest absolute Gasteiger partial charge is 0.243 e. The van der Waals surface area contributed by atoms with Gasteiger partial charge in [0, 0.05) is 17.2 Å². The van der Waals surface area contributed by atoms with Gasteiger partial charge in [0.15, 0.2) is 0 Å². The maximum atomic E-state index is 13.7. The molecule has 0 aliphatic heterocycles. The normalized spacial score (nSPS) is 11.8. The highest BCUT2D eigenvalue weighted by atomic mass is 79.9. The summed E-state index contributed by atoms with van der Waals surface area (Å²) in [6.45, 7) is -0.103. The largest absolute Gasteiger partial charge is 0.398 e. The third kappa shape index (κ3) is 2.97. The van der Waals surface area contributed by atoms with Gasteiger partial charge >= 0.3 is 0 Å². The molecule has 0 unspecified atom stereocenters. The Labute approximate surface area is 123 Å². The van der Waals surface area contributed by atoms with Gasteiger partial charge in [-0.05, 0) is 28.1 Å². The van der Waals surface area contributed by atoms with E-state index >= 15 is 0 Å². The van der Waals surface area contributed by atoms with Gasteiger partial charge in [0.1, 0.15) is 22.9 Å². The van der Waals surface area contributed by atoms with Crippen molar-refractivity contribution in [1.82, 2.24) is 19.5 Å². The second-order valence-electron chi connectivity index (χ2n) is 3.99. The van der Waals surface area contributed by atoms with E-state index in [2.05, 4.69) is 30.8 Å². The van der Waals surface area contributed by atoms with Crippen molar-refractivity contribution < 1.29 is 12.8 Å². The minimum atomic E-state index is -4.03. The molecule has 2 rings (SSSR count). The Kier molecular flexibility index (Phi) is 4.06. The number of benzene rings is 1. The molecule has 0 amide bonds. The van der Waals surface area contributed by atoms with Gasteiger partial charge in [-0.15, -0.1) is 10.2 Å². The number of aromatic nitrogens is 3. The molecule has 108 valence electrons. The van der Waals surface area contributed by atoms with Crippen LogP contribution in [0.4, 0.5) is 10.1 Å². The van der Waals surface area contributed by atoms with E-state index < -0.39 is 20.7 Å². The number of rotatable bonds is 4. The maximum absolute atomic E-state index is 13.7. The molecule has 7 nitrogen and oxygen atoms in total. The van der Waals surface area contributed by atoms with E-state index in [-0.39, 0.29) is 12.2 Å². The summed E-state index contributed by atoms with van der Waals surface area (Å²) in [7, 11) is -2.36. The monoisotopic (exact) mass is 363 g/mol. The zero-order valence-electron chi connectivity index (χ0n) is 10.3. The van der Waals surface area contributed by atoms with E-state index in [9.17, 15) is 12.8 Å². The molecule has 3 N–H and O–H groups in total. The molecule has 0 aliphatic carbocycles. The summed E-state index contributed by atoms with van der Waals surface area (Å²) in [5.74, 6) is -0.490. The number of hydrogen-bond donors (Lipinski definition) is 2. The van der Waals surface area contributed by atoms with Crippen molar-refractivity contribution >= 4 is 31.6 Å². The van der Waals surface area contributed by atoms with Crippen LogP contribution in [0.2, 0.25) is 0 Å². The number of halogens is 2. The number of hydrogen-bond acceptors (Lipinski definition) is 5. The van der Waals surface area contributed by atoms with Crippen molar-refractivity contribution in [3.63, 3.8) is 0 Å². The predicted octanol–water partition coefficient (Wildman–Crippen LogP) is 0.777. The first-order chi connectivity index (χ1) is 9.31. The van der Waals surface area contributed by atoms with Crippen LogP contribution in [0.1, 0.15) is 5.82 Å². The second kappa shape index (κ2) is 5.46. The quantitative estimate of drug-likeness (QED) is 0.781. The van der Waals surface area contributed by atoms with E-state index in [1.165, 1.54) is 6.33 Å². The zero-order chi connectivity index (χ0) is 14.9.